The number of benzene rings is 1. The van der Waals surface area contributed by atoms with Crippen LogP contribution in [-0.2, 0) is 20.1 Å². The van der Waals surface area contributed by atoms with Gasteiger partial charge in [-0.25, -0.2) is 4.68 Å². The Morgan fingerprint density at radius 1 is 1.26 bits per heavy atom. The van der Waals surface area contributed by atoms with E-state index in [-0.39, 0.29) is 0 Å². The Bertz CT molecular complexity index is 986. The highest BCUT2D eigenvalue weighted by Gasteiger charge is 2.27. The van der Waals surface area contributed by atoms with Crippen molar-refractivity contribution in [3.63, 3.8) is 0 Å². The van der Waals surface area contributed by atoms with Gasteiger partial charge in [-0.1, -0.05) is 6.92 Å². The molecule has 4 rings (SSSR count). The summed E-state index contributed by atoms with van der Waals surface area (Å²) in [5, 5.41) is 7.05. The first-order chi connectivity index (χ1) is 13.1. The van der Waals surface area contributed by atoms with E-state index in [9.17, 15) is 0 Å². The van der Waals surface area contributed by atoms with Crippen molar-refractivity contribution < 1.29 is 4.74 Å². The summed E-state index contributed by atoms with van der Waals surface area (Å²) in [7, 11) is 3.66. The van der Waals surface area contributed by atoms with Crippen LogP contribution in [-0.4, -0.2) is 32.9 Å². The number of thiophene rings is 1. The highest BCUT2D eigenvalue weighted by Crippen LogP contribution is 2.35. The van der Waals surface area contributed by atoms with Gasteiger partial charge in [-0.15, -0.1) is 11.3 Å². The van der Waals surface area contributed by atoms with Gasteiger partial charge in [0.1, 0.15) is 5.75 Å². The lowest BCUT2D eigenvalue weighted by molar-refractivity contribution is 0.129. The van der Waals surface area contributed by atoms with Gasteiger partial charge in [-0.05, 0) is 66.3 Å². The highest BCUT2D eigenvalue weighted by atomic mass is 32.1. The first-order valence-electron chi connectivity index (χ1n) is 9.21. The molecular formula is C20H24N4OS2. The molecule has 0 bridgehead atoms. The fourth-order valence-corrected chi connectivity index (χ4v) is 4.95. The number of aromatic nitrogens is 3. The van der Waals surface area contributed by atoms with Crippen LogP contribution in [0.5, 0.6) is 5.75 Å². The van der Waals surface area contributed by atoms with E-state index >= 15 is 0 Å². The van der Waals surface area contributed by atoms with Gasteiger partial charge in [0.15, 0.2) is 10.6 Å². The van der Waals surface area contributed by atoms with Gasteiger partial charge in [0, 0.05) is 30.1 Å². The van der Waals surface area contributed by atoms with E-state index in [2.05, 4.69) is 23.3 Å². The van der Waals surface area contributed by atoms with E-state index < -0.39 is 0 Å². The van der Waals surface area contributed by atoms with Crippen LogP contribution in [0.1, 0.15) is 29.8 Å². The van der Waals surface area contributed by atoms with Crippen molar-refractivity contribution in [1.82, 2.24) is 19.2 Å². The lowest BCUT2D eigenvalue weighted by Gasteiger charge is -2.35. The fraction of sp³-hybridized carbons (Fsp3) is 0.400. The van der Waals surface area contributed by atoms with E-state index in [1.807, 2.05) is 51.9 Å². The number of ether oxygens (including phenoxy) is 1. The minimum Gasteiger partial charge on any atom is -0.497 e. The van der Waals surface area contributed by atoms with Gasteiger partial charge in [-0.3, -0.25) is 4.90 Å². The highest BCUT2D eigenvalue weighted by molar-refractivity contribution is 7.71. The molecule has 3 heterocycles. The van der Waals surface area contributed by atoms with Crippen molar-refractivity contribution in [2.24, 2.45) is 7.05 Å². The molecule has 0 radical (unpaired) electrons. The molecule has 142 valence electrons. The summed E-state index contributed by atoms with van der Waals surface area (Å²) in [5.74, 6) is 1.72. The summed E-state index contributed by atoms with van der Waals surface area (Å²) in [6.45, 7) is 4.02. The zero-order chi connectivity index (χ0) is 19.0. The number of rotatable bonds is 5. The molecule has 5 nitrogen and oxygen atoms in total. The number of fused-ring (bicyclic) bond motifs is 1. The van der Waals surface area contributed by atoms with Crippen LogP contribution < -0.4 is 4.74 Å². The topological polar surface area (TPSA) is 35.2 Å². The Morgan fingerprint density at radius 2 is 2.04 bits per heavy atom. The van der Waals surface area contributed by atoms with Crippen LogP contribution in [0.3, 0.4) is 0 Å². The summed E-state index contributed by atoms with van der Waals surface area (Å²) in [4.78, 5) is 4.02. The third-order valence-corrected chi connectivity index (χ3v) is 6.78. The van der Waals surface area contributed by atoms with E-state index in [1.54, 1.807) is 7.11 Å². The first kappa shape index (κ1) is 18.4. The third kappa shape index (κ3) is 3.35. The SMILES string of the molecule is CC[C@@H]1c2ccsc2CCN1Cn1nc(-c2ccc(OC)cc2)n(C)c1=S. The van der Waals surface area contributed by atoms with Crippen LogP contribution in [0.25, 0.3) is 11.4 Å². The van der Waals surface area contributed by atoms with E-state index in [1.165, 1.54) is 10.4 Å². The lowest BCUT2D eigenvalue weighted by Crippen LogP contribution is -2.36. The summed E-state index contributed by atoms with van der Waals surface area (Å²) in [5.41, 5.74) is 2.51. The van der Waals surface area contributed by atoms with Gasteiger partial charge in [-0.2, -0.15) is 5.10 Å². The predicted molar refractivity (Wildman–Crippen MR) is 112 cm³/mol. The number of nitrogens with zero attached hydrogens (tertiary/aromatic N) is 4. The molecule has 27 heavy (non-hydrogen) atoms. The molecule has 1 aromatic carbocycles. The molecule has 7 heteroatoms. The Hall–Kier alpha value is -1.96. The summed E-state index contributed by atoms with van der Waals surface area (Å²) < 4.78 is 9.93. The molecule has 0 spiro atoms. The van der Waals surface area contributed by atoms with Crippen molar-refractivity contribution in [1.29, 1.82) is 0 Å². The summed E-state index contributed by atoms with van der Waals surface area (Å²) in [6, 6.07) is 10.7. The monoisotopic (exact) mass is 400 g/mol. The maximum atomic E-state index is 5.68. The zero-order valence-electron chi connectivity index (χ0n) is 15.9. The standard InChI is InChI=1S/C20H24N4OS2/c1-4-17-16-10-12-27-18(16)9-11-23(17)13-24-20(26)22(2)19(21-24)14-5-7-15(25-3)8-6-14/h5-8,10,12,17H,4,9,11,13H2,1-3H3/t17-/m1/s1. The summed E-state index contributed by atoms with van der Waals surface area (Å²) in [6.07, 6.45) is 2.20. The molecule has 1 atom stereocenters. The second kappa shape index (κ2) is 7.58. The number of methoxy groups -OCH3 is 1. The molecule has 1 aliphatic rings. The van der Waals surface area contributed by atoms with Crippen LogP contribution in [0, 0.1) is 4.77 Å². The number of hydrogen-bond acceptors (Lipinski definition) is 5. The zero-order valence-corrected chi connectivity index (χ0v) is 17.5. The molecule has 0 aliphatic carbocycles. The van der Waals surface area contributed by atoms with Crippen molar-refractivity contribution >= 4 is 23.6 Å². The van der Waals surface area contributed by atoms with Crippen LogP contribution in [0.15, 0.2) is 35.7 Å². The molecule has 0 unspecified atom stereocenters. The van der Waals surface area contributed by atoms with Crippen LogP contribution in [0.2, 0.25) is 0 Å². The van der Waals surface area contributed by atoms with Gasteiger partial charge < -0.3 is 9.30 Å². The van der Waals surface area contributed by atoms with Crippen molar-refractivity contribution in [2.75, 3.05) is 13.7 Å². The fourth-order valence-electron chi connectivity index (χ4n) is 3.84. The molecule has 0 saturated carbocycles. The molecule has 0 fully saturated rings. The quantitative estimate of drug-likeness (QED) is 0.584. The van der Waals surface area contributed by atoms with E-state index in [4.69, 9.17) is 22.1 Å². The Morgan fingerprint density at radius 3 is 2.74 bits per heavy atom. The molecule has 3 aromatic rings. The normalized spacial score (nSPS) is 17.1. The smallest absolute Gasteiger partial charge is 0.199 e. The molecule has 1 aliphatic heterocycles. The Balaban J connectivity index is 1.62. The lowest BCUT2D eigenvalue weighted by atomic mass is 9.98. The second-order valence-corrected chi connectivity index (χ2v) is 8.19. The van der Waals surface area contributed by atoms with Gasteiger partial charge in [0.25, 0.3) is 0 Å². The van der Waals surface area contributed by atoms with Crippen molar-refractivity contribution in [3.05, 3.63) is 50.9 Å². The van der Waals surface area contributed by atoms with E-state index in [0.29, 0.717) is 6.04 Å². The van der Waals surface area contributed by atoms with E-state index in [0.717, 1.165) is 48.0 Å². The molecule has 0 amide bonds. The largest absolute Gasteiger partial charge is 0.497 e. The Labute approximate surface area is 168 Å². The van der Waals surface area contributed by atoms with Gasteiger partial charge in [0.2, 0.25) is 0 Å². The van der Waals surface area contributed by atoms with Crippen LogP contribution in [0.4, 0.5) is 0 Å². The molecular weight excluding hydrogens is 376 g/mol. The Kier molecular flexibility index (Phi) is 5.16. The van der Waals surface area contributed by atoms with Crippen LogP contribution >= 0.6 is 23.6 Å². The van der Waals surface area contributed by atoms with Crippen molar-refractivity contribution in [3.8, 4) is 17.1 Å². The second-order valence-electron chi connectivity index (χ2n) is 6.82. The predicted octanol–water partition coefficient (Wildman–Crippen LogP) is 4.66. The first-order valence-corrected chi connectivity index (χ1v) is 10.5. The van der Waals surface area contributed by atoms with Gasteiger partial charge >= 0.3 is 0 Å². The maximum absolute atomic E-state index is 5.68. The maximum Gasteiger partial charge on any atom is 0.199 e. The van der Waals surface area contributed by atoms with Gasteiger partial charge in [0.05, 0.1) is 13.8 Å². The number of hydrogen-bond donors (Lipinski definition) is 0. The van der Waals surface area contributed by atoms with Crippen molar-refractivity contribution in [2.45, 2.75) is 32.5 Å². The summed E-state index contributed by atoms with van der Waals surface area (Å²) >= 11 is 7.56. The third-order valence-electron chi connectivity index (χ3n) is 5.30. The minimum atomic E-state index is 0.438. The molecule has 0 saturated heterocycles. The average molecular weight is 401 g/mol. The molecule has 0 N–H and O–H groups in total. The average Bonchev–Trinajstić information content (AvgIpc) is 3.28. The minimum absolute atomic E-state index is 0.438. The molecule has 2 aromatic heterocycles.